The lowest BCUT2D eigenvalue weighted by Gasteiger charge is -2.28. The molecule has 2 fully saturated rings. The Morgan fingerprint density at radius 1 is 1.04 bits per heavy atom. The first-order valence-electron chi connectivity index (χ1n) is 7.65. The van der Waals surface area contributed by atoms with Gasteiger partial charge in [-0.25, -0.2) is 4.79 Å². The summed E-state index contributed by atoms with van der Waals surface area (Å²) in [6.07, 6.45) is -0.501. The lowest BCUT2D eigenvalue weighted by molar-refractivity contribution is -0.155. The van der Waals surface area contributed by atoms with Crippen molar-refractivity contribution in [2.24, 2.45) is 11.8 Å². The number of benzene rings is 1. The molecule has 0 unspecified atom stereocenters. The molecule has 0 spiro atoms. The number of ether oxygens (including phenoxy) is 2. The van der Waals surface area contributed by atoms with Gasteiger partial charge in [0.05, 0.1) is 23.9 Å². The van der Waals surface area contributed by atoms with Crippen LogP contribution in [0.4, 0.5) is 4.79 Å². The first-order chi connectivity index (χ1) is 10.8. The number of cyclic esters (lactones) is 2. The molecule has 6 nitrogen and oxygen atoms in total. The molecule has 23 heavy (non-hydrogen) atoms. The van der Waals surface area contributed by atoms with E-state index in [1.807, 2.05) is 24.3 Å². The van der Waals surface area contributed by atoms with Crippen LogP contribution in [0.5, 0.6) is 0 Å². The molecule has 3 heterocycles. The number of amides is 1. The van der Waals surface area contributed by atoms with Crippen LogP contribution in [-0.2, 0) is 19.1 Å². The predicted octanol–water partition coefficient (Wildman–Crippen LogP) is 2.35. The van der Waals surface area contributed by atoms with Crippen LogP contribution in [0.25, 0.3) is 0 Å². The predicted molar refractivity (Wildman–Crippen MR) is 78.1 cm³/mol. The molecule has 0 saturated carbocycles. The smallest absolute Gasteiger partial charge is 0.411 e. The quantitative estimate of drug-likeness (QED) is 0.543. The molecule has 4 atom stereocenters. The summed E-state index contributed by atoms with van der Waals surface area (Å²) in [4.78, 5) is 38.4. The zero-order chi connectivity index (χ0) is 16.5. The molecule has 4 rings (SSSR count). The highest BCUT2D eigenvalue weighted by molar-refractivity contribution is 6.00. The van der Waals surface area contributed by atoms with Gasteiger partial charge in [0.25, 0.3) is 0 Å². The standard InChI is InChI=1S/C17H17NO5/c1-17(2,3)23-16(21)18-12-8-6-4-5-7-9(8)13(18)11-10(12)14(19)22-15(11)20/h4-7,10-13H,1-3H3/t10-,11+,12+,13-. The van der Waals surface area contributed by atoms with Gasteiger partial charge >= 0.3 is 18.0 Å². The van der Waals surface area contributed by atoms with E-state index in [0.717, 1.165) is 11.1 Å². The molecular weight excluding hydrogens is 298 g/mol. The van der Waals surface area contributed by atoms with Crippen molar-refractivity contribution in [2.75, 3.05) is 0 Å². The van der Waals surface area contributed by atoms with E-state index in [2.05, 4.69) is 0 Å². The molecule has 3 aliphatic rings. The molecule has 0 N–H and O–H groups in total. The van der Waals surface area contributed by atoms with Gasteiger partial charge in [0.1, 0.15) is 5.60 Å². The Morgan fingerprint density at radius 2 is 1.52 bits per heavy atom. The number of hydrogen-bond donors (Lipinski definition) is 0. The van der Waals surface area contributed by atoms with Crippen LogP contribution in [0, 0.1) is 11.8 Å². The van der Waals surface area contributed by atoms with Gasteiger partial charge in [0.2, 0.25) is 0 Å². The minimum atomic E-state index is -0.648. The third-order valence-corrected chi connectivity index (χ3v) is 4.65. The van der Waals surface area contributed by atoms with Crippen LogP contribution in [0.15, 0.2) is 24.3 Å². The van der Waals surface area contributed by atoms with E-state index in [1.165, 1.54) is 0 Å². The maximum Gasteiger partial charge on any atom is 0.411 e. The van der Waals surface area contributed by atoms with Gasteiger partial charge in [-0.1, -0.05) is 24.3 Å². The summed E-state index contributed by atoms with van der Waals surface area (Å²) in [5.74, 6) is -2.35. The maximum atomic E-state index is 12.7. The number of fused-ring (bicyclic) bond motifs is 8. The Balaban J connectivity index is 1.80. The van der Waals surface area contributed by atoms with E-state index in [9.17, 15) is 14.4 Å². The number of hydrogen-bond acceptors (Lipinski definition) is 5. The number of carbonyl (C=O) groups excluding carboxylic acids is 3. The first-order valence-corrected chi connectivity index (χ1v) is 7.65. The summed E-state index contributed by atoms with van der Waals surface area (Å²) in [7, 11) is 0. The van der Waals surface area contributed by atoms with Gasteiger partial charge in [-0.05, 0) is 31.9 Å². The van der Waals surface area contributed by atoms with Crippen molar-refractivity contribution in [3.8, 4) is 0 Å². The second-order valence-electron chi connectivity index (χ2n) is 7.20. The van der Waals surface area contributed by atoms with Gasteiger partial charge < -0.3 is 9.47 Å². The molecule has 2 bridgehead atoms. The molecule has 2 saturated heterocycles. The van der Waals surface area contributed by atoms with Crippen molar-refractivity contribution in [3.63, 3.8) is 0 Å². The summed E-state index contributed by atoms with van der Waals surface area (Å²) < 4.78 is 10.3. The fourth-order valence-electron chi connectivity index (χ4n) is 3.98. The van der Waals surface area contributed by atoms with Gasteiger partial charge in [-0.15, -0.1) is 0 Å². The number of esters is 2. The molecular formula is C17H17NO5. The molecule has 120 valence electrons. The van der Waals surface area contributed by atoms with E-state index in [-0.39, 0.29) is 0 Å². The SMILES string of the molecule is CC(C)(C)OC(=O)N1[C@@H]2c3ccccc3[C@H]1[C@@H]1C(=O)OC(=O)[C@@H]12. The highest BCUT2D eigenvalue weighted by Crippen LogP contribution is 2.61. The van der Waals surface area contributed by atoms with Crippen molar-refractivity contribution in [3.05, 3.63) is 35.4 Å². The number of nitrogens with zero attached hydrogens (tertiary/aromatic N) is 1. The van der Waals surface area contributed by atoms with Crippen LogP contribution in [-0.4, -0.2) is 28.5 Å². The lowest BCUT2D eigenvalue weighted by atomic mass is 9.77. The molecule has 1 amide bonds. The third-order valence-electron chi connectivity index (χ3n) is 4.65. The molecule has 1 aromatic carbocycles. The fraction of sp³-hybridized carbons (Fsp3) is 0.471. The Bertz CT molecular complexity index is 688. The minimum absolute atomic E-state index is 0.491. The van der Waals surface area contributed by atoms with Crippen molar-refractivity contribution in [1.29, 1.82) is 0 Å². The second-order valence-corrected chi connectivity index (χ2v) is 7.20. The highest BCUT2D eigenvalue weighted by Gasteiger charge is 2.67. The summed E-state index contributed by atoms with van der Waals surface area (Å²) in [6.45, 7) is 5.36. The van der Waals surface area contributed by atoms with E-state index >= 15 is 0 Å². The Morgan fingerprint density at radius 3 is 1.96 bits per heavy atom. The minimum Gasteiger partial charge on any atom is -0.444 e. The fourth-order valence-corrected chi connectivity index (χ4v) is 3.98. The zero-order valence-corrected chi connectivity index (χ0v) is 13.1. The van der Waals surface area contributed by atoms with Gasteiger partial charge in [-0.2, -0.15) is 0 Å². The first kappa shape index (κ1) is 14.2. The van der Waals surface area contributed by atoms with Crippen LogP contribution >= 0.6 is 0 Å². The van der Waals surface area contributed by atoms with Crippen LogP contribution < -0.4 is 0 Å². The van der Waals surface area contributed by atoms with E-state index < -0.39 is 47.6 Å². The topological polar surface area (TPSA) is 72.9 Å². The van der Waals surface area contributed by atoms with Crippen molar-refractivity contribution in [1.82, 2.24) is 4.90 Å². The Hall–Kier alpha value is -2.37. The van der Waals surface area contributed by atoms with Crippen LogP contribution in [0.3, 0.4) is 0 Å². The Kier molecular flexibility index (Phi) is 2.69. The number of rotatable bonds is 0. The zero-order valence-electron chi connectivity index (χ0n) is 13.1. The van der Waals surface area contributed by atoms with Crippen LogP contribution in [0.2, 0.25) is 0 Å². The molecule has 0 radical (unpaired) electrons. The maximum absolute atomic E-state index is 12.7. The molecule has 0 aromatic heterocycles. The molecule has 1 aromatic rings. The van der Waals surface area contributed by atoms with Crippen LogP contribution in [0.1, 0.15) is 44.0 Å². The summed E-state index contributed by atoms with van der Waals surface area (Å²) in [6, 6.07) is 6.53. The lowest BCUT2D eigenvalue weighted by Crippen LogP contribution is -2.36. The molecule has 6 heteroatoms. The highest BCUT2D eigenvalue weighted by atomic mass is 16.6. The van der Waals surface area contributed by atoms with Gasteiger partial charge in [0.15, 0.2) is 0 Å². The Labute approximate surface area is 133 Å². The number of carbonyl (C=O) groups is 3. The van der Waals surface area contributed by atoms with Gasteiger partial charge in [-0.3, -0.25) is 14.5 Å². The van der Waals surface area contributed by atoms with E-state index in [4.69, 9.17) is 9.47 Å². The normalized spacial score (nSPS) is 31.0. The molecule has 0 aliphatic carbocycles. The van der Waals surface area contributed by atoms with Crippen molar-refractivity contribution in [2.45, 2.75) is 38.5 Å². The summed E-state index contributed by atoms with van der Waals surface area (Å²) in [5, 5.41) is 0. The summed E-state index contributed by atoms with van der Waals surface area (Å²) in [5.41, 5.74) is 1.15. The summed E-state index contributed by atoms with van der Waals surface area (Å²) >= 11 is 0. The third kappa shape index (κ3) is 1.84. The van der Waals surface area contributed by atoms with E-state index in [0.29, 0.717) is 0 Å². The monoisotopic (exact) mass is 315 g/mol. The largest absolute Gasteiger partial charge is 0.444 e. The molecule has 3 aliphatic heterocycles. The van der Waals surface area contributed by atoms with Gasteiger partial charge in [0, 0.05) is 0 Å². The average molecular weight is 315 g/mol. The average Bonchev–Trinajstić information content (AvgIpc) is 3.05. The van der Waals surface area contributed by atoms with E-state index in [1.54, 1.807) is 25.7 Å². The van der Waals surface area contributed by atoms with Crippen molar-refractivity contribution < 1.29 is 23.9 Å². The second kappa shape index (κ2) is 4.34. The van der Waals surface area contributed by atoms with Crippen molar-refractivity contribution >= 4 is 18.0 Å².